The summed E-state index contributed by atoms with van der Waals surface area (Å²) in [6, 6.07) is 16.3. The second-order valence-electron chi connectivity index (χ2n) is 7.54. The number of amides is 1. The predicted octanol–water partition coefficient (Wildman–Crippen LogP) is 5.49. The molecule has 3 aromatic carbocycles. The molecule has 1 atom stereocenters. The lowest BCUT2D eigenvalue weighted by molar-refractivity contribution is -0.384. The smallest absolute Gasteiger partial charge is 0.275 e. The van der Waals surface area contributed by atoms with Gasteiger partial charge in [0.2, 0.25) is 6.10 Å². The van der Waals surface area contributed by atoms with Gasteiger partial charge in [0.05, 0.1) is 29.5 Å². The molecule has 174 valence electrons. The van der Waals surface area contributed by atoms with Gasteiger partial charge >= 0.3 is 0 Å². The largest absolute Gasteiger partial charge is 0.497 e. The summed E-state index contributed by atoms with van der Waals surface area (Å²) in [6.45, 7) is 1.80. The fourth-order valence-corrected chi connectivity index (χ4v) is 3.60. The number of aryl methyl sites for hydroxylation is 1. The Bertz CT molecular complexity index is 1280. The van der Waals surface area contributed by atoms with Crippen LogP contribution in [0.2, 0.25) is 5.02 Å². The number of hydrogen-bond donors (Lipinski definition) is 1. The third-order valence-corrected chi connectivity index (χ3v) is 5.35. The molecular formula is C24H20ClN3O6. The Labute approximate surface area is 200 Å². The van der Waals surface area contributed by atoms with Crippen LogP contribution >= 0.6 is 11.6 Å². The number of hydrogen-bond acceptors (Lipinski definition) is 7. The first-order valence-electron chi connectivity index (χ1n) is 10.2. The van der Waals surface area contributed by atoms with E-state index in [1.807, 2.05) is 12.1 Å². The molecule has 1 unspecified atom stereocenters. The summed E-state index contributed by atoms with van der Waals surface area (Å²) in [4.78, 5) is 29.0. The quantitative estimate of drug-likeness (QED) is 0.352. The number of nitro groups is 1. The van der Waals surface area contributed by atoms with E-state index < -0.39 is 16.9 Å². The van der Waals surface area contributed by atoms with Crippen LogP contribution in [-0.2, 0) is 9.63 Å². The summed E-state index contributed by atoms with van der Waals surface area (Å²) in [6.07, 6.45) is -0.625. The first-order valence-corrected chi connectivity index (χ1v) is 10.6. The maximum absolute atomic E-state index is 12.8. The molecule has 0 fully saturated rings. The number of nitrogens with one attached hydrogen (secondary N) is 1. The topological polar surface area (TPSA) is 112 Å². The minimum Gasteiger partial charge on any atom is -0.497 e. The van der Waals surface area contributed by atoms with Crippen molar-refractivity contribution in [3.05, 3.63) is 86.9 Å². The van der Waals surface area contributed by atoms with Gasteiger partial charge in [-0.2, -0.15) is 0 Å². The van der Waals surface area contributed by atoms with E-state index in [9.17, 15) is 14.9 Å². The van der Waals surface area contributed by atoms with Gasteiger partial charge in [-0.15, -0.1) is 0 Å². The van der Waals surface area contributed by atoms with Gasteiger partial charge in [-0.1, -0.05) is 16.8 Å². The third kappa shape index (κ3) is 5.26. The number of methoxy groups -OCH3 is 1. The molecule has 1 amide bonds. The average Bonchev–Trinajstić information content (AvgIpc) is 3.31. The number of nitro benzene ring substituents is 1. The maximum atomic E-state index is 12.8. The molecule has 4 rings (SSSR count). The van der Waals surface area contributed by atoms with Crippen LogP contribution in [0.15, 0.2) is 65.8 Å². The Balaban J connectivity index is 1.48. The Morgan fingerprint density at radius 3 is 2.59 bits per heavy atom. The number of nitrogens with zero attached hydrogens (tertiary/aromatic N) is 2. The molecular weight excluding hydrogens is 462 g/mol. The monoisotopic (exact) mass is 481 g/mol. The first kappa shape index (κ1) is 23.1. The summed E-state index contributed by atoms with van der Waals surface area (Å²) >= 11 is 5.98. The molecule has 10 heteroatoms. The Kier molecular flexibility index (Phi) is 6.65. The molecule has 0 aromatic heterocycles. The number of ether oxygens (including phenoxy) is 2. The summed E-state index contributed by atoms with van der Waals surface area (Å²) in [5, 5.41) is 18.6. The van der Waals surface area contributed by atoms with E-state index in [1.165, 1.54) is 18.2 Å². The third-order valence-electron chi connectivity index (χ3n) is 5.12. The van der Waals surface area contributed by atoms with Gasteiger partial charge in [-0.05, 0) is 60.5 Å². The van der Waals surface area contributed by atoms with E-state index in [2.05, 4.69) is 10.5 Å². The number of halogens is 1. The highest BCUT2D eigenvalue weighted by molar-refractivity contribution is 6.30. The minimum atomic E-state index is -0.876. The van der Waals surface area contributed by atoms with Crippen molar-refractivity contribution < 1.29 is 24.0 Å². The molecule has 9 nitrogen and oxygen atoms in total. The van der Waals surface area contributed by atoms with Gasteiger partial charge in [-0.25, -0.2) is 0 Å². The average molecular weight is 482 g/mol. The molecule has 0 spiro atoms. The maximum Gasteiger partial charge on any atom is 0.275 e. The fraction of sp³-hybridized carbons (Fsp3) is 0.167. The van der Waals surface area contributed by atoms with E-state index >= 15 is 0 Å². The van der Waals surface area contributed by atoms with Crippen LogP contribution in [0.1, 0.15) is 17.5 Å². The van der Waals surface area contributed by atoms with Crippen molar-refractivity contribution in [2.24, 2.45) is 5.16 Å². The zero-order chi connectivity index (χ0) is 24.2. The normalized spacial score (nSPS) is 14.7. The predicted molar refractivity (Wildman–Crippen MR) is 127 cm³/mol. The van der Waals surface area contributed by atoms with E-state index in [0.717, 1.165) is 11.1 Å². The number of non-ortho nitro benzene ring substituents is 1. The molecule has 1 heterocycles. The molecule has 0 bridgehead atoms. The van der Waals surface area contributed by atoms with Crippen LogP contribution in [-0.4, -0.2) is 29.8 Å². The van der Waals surface area contributed by atoms with E-state index in [-0.39, 0.29) is 23.5 Å². The van der Waals surface area contributed by atoms with Crippen LogP contribution in [0.4, 0.5) is 11.4 Å². The van der Waals surface area contributed by atoms with Gasteiger partial charge in [0, 0.05) is 23.6 Å². The summed E-state index contributed by atoms with van der Waals surface area (Å²) < 4.78 is 11.0. The van der Waals surface area contributed by atoms with Crippen LogP contribution in [0.25, 0.3) is 0 Å². The van der Waals surface area contributed by atoms with Crippen LogP contribution in [0.3, 0.4) is 0 Å². The lowest BCUT2D eigenvalue weighted by Gasteiger charge is -2.12. The molecule has 1 N–H and O–H groups in total. The molecule has 0 saturated heterocycles. The van der Waals surface area contributed by atoms with Crippen molar-refractivity contribution in [3.8, 4) is 17.2 Å². The van der Waals surface area contributed by atoms with Crippen LogP contribution in [0, 0.1) is 17.0 Å². The molecule has 3 aromatic rings. The second-order valence-corrected chi connectivity index (χ2v) is 7.97. The molecule has 1 aliphatic heterocycles. The van der Waals surface area contributed by atoms with Crippen molar-refractivity contribution in [3.63, 3.8) is 0 Å². The second kappa shape index (κ2) is 9.80. The van der Waals surface area contributed by atoms with Crippen molar-refractivity contribution in [1.29, 1.82) is 0 Å². The lowest BCUT2D eigenvalue weighted by Crippen LogP contribution is -2.28. The number of oxime groups is 1. The van der Waals surface area contributed by atoms with Crippen molar-refractivity contribution in [1.82, 2.24) is 0 Å². The van der Waals surface area contributed by atoms with E-state index in [0.29, 0.717) is 22.2 Å². The molecule has 0 aliphatic carbocycles. The highest BCUT2D eigenvalue weighted by atomic mass is 35.5. The van der Waals surface area contributed by atoms with E-state index in [4.69, 9.17) is 25.9 Å². The zero-order valence-electron chi connectivity index (χ0n) is 18.3. The van der Waals surface area contributed by atoms with Gasteiger partial charge in [0.25, 0.3) is 11.6 Å². The first-order chi connectivity index (χ1) is 16.3. The fourth-order valence-electron chi connectivity index (χ4n) is 3.37. The van der Waals surface area contributed by atoms with Gasteiger partial charge < -0.3 is 19.6 Å². The number of carbonyl (C=O) groups is 1. The molecule has 0 radical (unpaired) electrons. The van der Waals surface area contributed by atoms with E-state index in [1.54, 1.807) is 44.4 Å². The molecule has 34 heavy (non-hydrogen) atoms. The van der Waals surface area contributed by atoms with Gasteiger partial charge in [-0.3, -0.25) is 14.9 Å². The lowest BCUT2D eigenvalue weighted by atomic mass is 10.0. The summed E-state index contributed by atoms with van der Waals surface area (Å²) in [5.74, 6) is 0.896. The molecule has 0 saturated carbocycles. The van der Waals surface area contributed by atoms with Crippen LogP contribution < -0.4 is 14.8 Å². The number of carbonyl (C=O) groups excluding carboxylic acids is 1. The standard InChI is InChI=1S/C24H20ClN3O6/c1-14-9-16(25)5-8-22(14)33-20-11-17(10-18(12-20)28(30)31)26-24(29)23-13-21(27-34-23)15-3-6-19(32-2)7-4-15/h3-12,23H,13H2,1-2H3,(H,26,29). The Morgan fingerprint density at radius 1 is 1.15 bits per heavy atom. The van der Waals surface area contributed by atoms with Gasteiger partial charge in [0.15, 0.2) is 0 Å². The van der Waals surface area contributed by atoms with Gasteiger partial charge in [0.1, 0.15) is 17.2 Å². The number of benzene rings is 3. The summed E-state index contributed by atoms with van der Waals surface area (Å²) in [7, 11) is 1.58. The van der Waals surface area contributed by atoms with Crippen LogP contribution in [0.5, 0.6) is 17.2 Å². The highest BCUT2D eigenvalue weighted by Crippen LogP contribution is 2.32. The SMILES string of the molecule is COc1ccc(C2=NOC(C(=O)Nc3cc(Oc4ccc(Cl)cc4C)cc([N+](=O)[O-])c3)C2)cc1. The Hall–Kier alpha value is -4.11. The highest BCUT2D eigenvalue weighted by Gasteiger charge is 2.29. The molecule has 1 aliphatic rings. The Morgan fingerprint density at radius 2 is 1.91 bits per heavy atom. The van der Waals surface area contributed by atoms with Crippen molar-refractivity contribution in [2.45, 2.75) is 19.4 Å². The zero-order valence-corrected chi connectivity index (χ0v) is 19.0. The number of anilines is 1. The number of rotatable bonds is 7. The van der Waals surface area contributed by atoms with Crippen molar-refractivity contribution >= 4 is 34.6 Å². The summed E-state index contributed by atoms with van der Waals surface area (Å²) in [5.41, 5.74) is 2.14. The van der Waals surface area contributed by atoms with Crippen molar-refractivity contribution in [2.75, 3.05) is 12.4 Å². The minimum absolute atomic E-state index is 0.192.